The van der Waals surface area contributed by atoms with E-state index in [0.29, 0.717) is 17.0 Å². The van der Waals surface area contributed by atoms with Crippen molar-refractivity contribution in [1.82, 2.24) is 0 Å². The van der Waals surface area contributed by atoms with Gasteiger partial charge in [0.25, 0.3) is 11.8 Å². The van der Waals surface area contributed by atoms with E-state index >= 15 is 0 Å². The van der Waals surface area contributed by atoms with Crippen LogP contribution in [0, 0.1) is 27.7 Å². The van der Waals surface area contributed by atoms with E-state index in [2.05, 4.69) is 0 Å². The number of imide groups is 1. The van der Waals surface area contributed by atoms with Crippen LogP contribution in [0.3, 0.4) is 0 Å². The monoisotopic (exact) mass is 410 g/mol. The summed E-state index contributed by atoms with van der Waals surface area (Å²) in [5.41, 5.74) is 7.39. The zero-order valence-corrected chi connectivity index (χ0v) is 18.6. The summed E-state index contributed by atoms with van der Waals surface area (Å²) < 4.78 is 0. The average molecular weight is 411 g/mol. The molecule has 1 heterocycles. The normalized spacial score (nSPS) is 13.9. The minimum atomic E-state index is -0.312. The molecule has 0 fully saturated rings. The van der Waals surface area contributed by atoms with Gasteiger partial charge in [-0.15, -0.1) is 0 Å². The number of rotatable bonds is 4. The lowest BCUT2D eigenvalue weighted by molar-refractivity contribution is -0.120. The molecule has 2 amide bonds. The molecular weight excluding hydrogens is 384 g/mol. The molecule has 0 radical (unpaired) electrons. The first-order valence-corrected chi connectivity index (χ1v) is 10.4. The number of hydrogen-bond acceptors (Lipinski definition) is 3. The molecule has 0 spiro atoms. The van der Waals surface area contributed by atoms with Crippen LogP contribution in [0.5, 0.6) is 0 Å². The second-order valence-corrected chi connectivity index (χ2v) is 8.13. The molecule has 0 aliphatic carbocycles. The Morgan fingerprint density at radius 2 is 1.29 bits per heavy atom. The second-order valence-electron chi connectivity index (χ2n) is 8.13. The Kier molecular flexibility index (Phi) is 5.24. The van der Waals surface area contributed by atoms with Crippen molar-refractivity contribution in [2.24, 2.45) is 0 Å². The third-order valence-corrected chi connectivity index (χ3v) is 6.08. The van der Waals surface area contributed by atoms with Gasteiger partial charge in [-0.3, -0.25) is 9.59 Å². The van der Waals surface area contributed by atoms with Gasteiger partial charge in [-0.25, -0.2) is 4.90 Å². The number of amides is 2. The number of likely N-dealkylation sites (N-methyl/N-ethyl adjacent to an activating group) is 1. The minimum Gasteiger partial charge on any atom is -0.339 e. The van der Waals surface area contributed by atoms with Crippen molar-refractivity contribution in [3.63, 3.8) is 0 Å². The smallest absolute Gasteiger partial charge is 0.282 e. The van der Waals surface area contributed by atoms with E-state index in [1.807, 2.05) is 106 Å². The predicted octanol–water partition coefficient (Wildman–Crippen LogP) is 5.34. The quantitative estimate of drug-likeness (QED) is 0.545. The lowest BCUT2D eigenvalue weighted by Crippen LogP contribution is -2.34. The summed E-state index contributed by atoms with van der Waals surface area (Å²) in [6.45, 7) is 8.05. The first-order valence-electron chi connectivity index (χ1n) is 10.4. The molecule has 31 heavy (non-hydrogen) atoms. The summed E-state index contributed by atoms with van der Waals surface area (Å²) in [6.07, 6.45) is 0. The van der Waals surface area contributed by atoms with Crippen LogP contribution in [0.25, 0.3) is 5.57 Å². The molecule has 4 heteroatoms. The van der Waals surface area contributed by atoms with Gasteiger partial charge in [0.05, 0.1) is 11.3 Å². The molecule has 4 rings (SSSR count). The van der Waals surface area contributed by atoms with E-state index in [-0.39, 0.29) is 11.8 Å². The Morgan fingerprint density at radius 1 is 0.677 bits per heavy atom. The number of benzene rings is 3. The van der Waals surface area contributed by atoms with Gasteiger partial charge in [0, 0.05) is 12.7 Å². The topological polar surface area (TPSA) is 40.6 Å². The Bertz CT molecular complexity index is 1230. The molecule has 4 nitrogen and oxygen atoms in total. The standard InChI is InChI=1S/C27H26N2O2/c1-17-11-13-21(15-19(17)3)24-25(28(5)22-9-7-6-8-10-22)27(31)29(26(24)30)23-14-12-18(2)20(4)16-23/h6-16H,1-5H3. The van der Waals surface area contributed by atoms with Crippen LogP contribution in [0.15, 0.2) is 72.4 Å². The molecule has 1 aliphatic heterocycles. The van der Waals surface area contributed by atoms with Gasteiger partial charge in [0.1, 0.15) is 5.70 Å². The summed E-state index contributed by atoms with van der Waals surface area (Å²) in [4.78, 5) is 30.5. The maximum Gasteiger partial charge on any atom is 0.282 e. The molecule has 0 atom stereocenters. The average Bonchev–Trinajstić information content (AvgIpc) is 3.02. The van der Waals surface area contributed by atoms with Crippen LogP contribution < -0.4 is 9.80 Å². The third kappa shape index (κ3) is 3.55. The van der Waals surface area contributed by atoms with E-state index in [0.717, 1.165) is 33.5 Å². The van der Waals surface area contributed by atoms with Gasteiger partial charge in [0.15, 0.2) is 0 Å². The highest BCUT2D eigenvalue weighted by Crippen LogP contribution is 2.37. The summed E-state index contributed by atoms with van der Waals surface area (Å²) >= 11 is 0. The molecule has 0 N–H and O–H groups in total. The molecular formula is C27H26N2O2. The van der Waals surface area contributed by atoms with Crippen LogP contribution in [-0.4, -0.2) is 18.9 Å². The maximum atomic E-state index is 13.7. The second kappa shape index (κ2) is 7.88. The largest absolute Gasteiger partial charge is 0.339 e. The van der Waals surface area contributed by atoms with Crippen molar-refractivity contribution < 1.29 is 9.59 Å². The molecule has 3 aromatic rings. The van der Waals surface area contributed by atoms with Crippen LogP contribution >= 0.6 is 0 Å². The molecule has 156 valence electrons. The minimum absolute atomic E-state index is 0.297. The summed E-state index contributed by atoms with van der Waals surface area (Å²) in [5, 5.41) is 0. The number of carbonyl (C=O) groups excluding carboxylic acids is 2. The summed E-state index contributed by atoms with van der Waals surface area (Å²) in [6, 6.07) is 21.2. The molecule has 0 aromatic heterocycles. The number of carbonyl (C=O) groups is 2. The molecule has 0 bridgehead atoms. The van der Waals surface area contributed by atoms with E-state index in [1.54, 1.807) is 0 Å². The number of anilines is 2. The Balaban J connectivity index is 1.90. The SMILES string of the molecule is Cc1ccc(C2=C(N(C)c3ccccc3)C(=O)N(c3ccc(C)c(C)c3)C2=O)cc1C. The van der Waals surface area contributed by atoms with E-state index in [4.69, 9.17) is 0 Å². The fourth-order valence-corrected chi connectivity index (χ4v) is 3.87. The van der Waals surface area contributed by atoms with Crippen molar-refractivity contribution in [3.8, 4) is 0 Å². The number of nitrogens with zero attached hydrogens (tertiary/aromatic N) is 2. The third-order valence-electron chi connectivity index (χ3n) is 6.08. The molecule has 1 aliphatic rings. The van der Waals surface area contributed by atoms with Gasteiger partial charge >= 0.3 is 0 Å². The van der Waals surface area contributed by atoms with Crippen LogP contribution in [0.2, 0.25) is 0 Å². The van der Waals surface area contributed by atoms with Crippen molar-refractivity contribution in [1.29, 1.82) is 0 Å². The maximum absolute atomic E-state index is 13.7. The van der Waals surface area contributed by atoms with Crippen molar-refractivity contribution >= 4 is 28.8 Å². The van der Waals surface area contributed by atoms with Crippen LogP contribution in [0.4, 0.5) is 11.4 Å². The lowest BCUT2D eigenvalue weighted by atomic mass is 9.99. The molecule has 0 unspecified atom stereocenters. The van der Waals surface area contributed by atoms with Gasteiger partial charge in [-0.1, -0.05) is 42.5 Å². The van der Waals surface area contributed by atoms with Crippen molar-refractivity contribution in [2.75, 3.05) is 16.8 Å². The van der Waals surface area contributed by atoms with E-state index < -0.39 is 0 Å². The van der Waals surface area contributed by atoms with E-state index in [9.17, 15) is 9.59 Å². The van der Waals surface area contributed by atoms with Crippen molar-refractivity contribution in [2.45, 2.75) is 27.7 Å². The number of hydrogen-bond donors (Lipinski definition) is 0. The first kappa shape index (κ1) is 20.6. The fourth-order valence-electron chi connectivity index (χ4n) is 3.87. The summed E-state index contributed by atoms with van der Waals surface area (Å²) in [7, 11) is 1.83. The zero-order chi connectivity index (χ0) is 22.3. The molecule has 3 aromatic carbocycles. The van der Waals surface area contributed by atoms with Gasteiger partial charge < -0.3 is 4.90 Å². The number of aryl methyl sites for hydroxylation is 4. The fraction of sp³-hybridized carbons (Fsp3) is 0.185. The zero-order valence-electron chi connectivity index (χ0n) is 18.6. The Morgan fingerprint density at radius 3 is 1.90 bits per heavy atom. The molecule has 0 saturated carbocycles. The van der Waals surface area contributed by atoms with Crippen LogP contribution in [-0.2, 0) is 9.59 Å². The van der Waals surface area contributed by atoms with Gasteiger partial charge in [0.2, 0.25) is 0 Å². The highest BCUT2D eigenvalue weighted by atomic mass is 16.2. The van der Waals surface area contributed by atoms with E-state index in [1.165, 1.54) is 4.90 Å². The van der Waals surface area contributed by atoms with Gasteiger partial charge in [-0.2, -0.15) is 0 Å². The highest BCUT2D eigenvalue weighted by Gasteiger charge is 2.42. The van der Waals surface area contributed by atoms with Crippen LogP contribution in [0.1, 0.15) is 27.8 Å². The van der Waals surface area contributed by atoms with Crippen molar-refractivity contribution in [3.05, 3.63) is 100 Å². The summed E-state index contributed by atoms with van der Waals surface area (Å²) in [5.74, 6) is -0.609. The highest BCUT2D eigenvalue weighted by molar-refractivity contribution is 6.46. The first-order chi connectivity index (χ1) is 14.8. The molecule has 0 saturated heterocycles. The number of para-hydroxylation sites is 1. The Labute approximate surface area is 183 Å². The predicted molar refractivity (Wildman–Crippen MR) is 126 cm³/mol. The van der Waals surface area contributed by atoms with Gasteiger partial charge in [-0.05, 0) is 79.8 Å². The Hall–Kier alpha value is -3.66. The lowest BCUT2D eigenvalue weighted by Gasteiger charge is -2.22.